The summed E-state index contributed by atoms with van der Waals surface area (Å²) in [5, 5.41) is 3.38. The molecule has 0 aliphatic heterocycles. The van der Waals surface area contributed by atoms with Crippen LogP contribution in [0.5, 0.6) is 0 Å². The molecule has 1 aliphatic carbocycles. The first-order valence-corrected chi connectivity index (χ1v) is 5.97. The average Bonchev–Trinajstić information content (AvgIpc) is 2.21. The van der Waals surface area contributed by atoms with E-state index in [1.54, 1.807) is 0 Å². The highest BCUT2D eigenvalue weighted by Crippen LogP contribution is 2.45. The van der Waals surface area contributed by atoms with Crippen molar-refractivity contribution in [2.75, 3.05) is 13.7 Å². The van der Waals surface area contributed by atoms with Crippen LogP contribution in [-0.2, 0) is 4.74 Å². The van der Waals surface area contributed by atoms with Gasteiger partial charge in [-0.15, -0.1) is 0 Å². The summed E-state index contributed by atoms with van der Waals surface area (Å²) in [5.74, 6) is 0. The summed E-state index contributed by atoms with van der Waals surface area (Å²) in [6.07, 6.45) is 5.29. The van der Waals surface area contributed by atoms with Crippen molar-refractivity contribution in [2.24, 2.45) is 5.41 Å². The van der Waals surface area contributed by atoms with Gasteiger partial charge in [0.2, 0.25) is 0 Å². The molecule has 0 saturated heterocycles. The first-order chi connectivity index (χ1) is 6.69. The minimum Gasteiger partial charge on any atom is -0.378 e. The zero-order valence-corrected chi connectivity index (χ0v) is 10.1. The number of hydrogen-bond acceptors (Lipinski definition) is 2. The molecule has 3 atom stereocenters. The highest BCUT2D eigenvalue weighted by Gasteiger charge is 2.50. The quantitative estimate of drug-likeness (QED) is 0.664. The lowest BCUT2D eigenvalue weighted by Crippen LogP contribution is -2.61. The number of unbranched alkanes of at least 4 members (excludes halogenated alkanes) is 1. The molecule has 0 heterocycles. The molecule has 2 nitrogen and oxygen atoms in total. The molecule has 1 fully saturated rings. The normalized spacial score (nSPS) is 36.9. The Kier molecular flexibility index (Phi) is 4.39. The molecule has 0 aromatic heterocycles. The molecule has 1 N–H and O–H groups in total. The Morgan fingerprint density at radius 2 is 2.14 bits per heavy atom. The maximum absolute atomic E-state index is 5.92. The van der Waals surface area contributed by atoms with Crippen LogP contribution < -0.4 is 5.32 Å². The van der Waals surface area contributed by atoms with Crippen LogP contribution in [0.4, 0.5) is 0 Å². The maximum atomic E-state index is 5.92. The lowest BCUT2D eigenvalue weighted by molar-refractivity contribution is -0.127. The van der Waals surface area contributed by atoms with Crippen molar-refractivity contribution in [3.63, 3.8) is 0 Å². The van der Waals surface area contributed by atoms with Crippen LogP contribution in [0, 0.1) is 5.41 Å². The molecule has 0 radical (unpaired) electrons. The molecule has 0 bridgehead atoms. The van der Waals surface area contributed by atoms with Crippen LogP contribution in [0.1, 0.15) is 46.5 Å². The molecule has 1 saturated carbocycles. The van der Waals surface area contributed by atoms with E-state index in [9.17, 15) is 0 Å². The first-order valence-electron chi connectivity index (χ1n) is 5.97. The fraction of sp³-hybridized carbons (Fsp3) is 1.00. The number of hydrogen-bond donors (Lipinski definition) is 1. The largest absolute Gasteiger partial charge is 0.378 e. The Morgan fingerprint density at radius 1 is 1.43 bits per heavy atom. The summed E-state index contributed by atoms with van der Waals surface area (Å²) >= 11 is 0. The van der Waals surface area contributed by atoms with E-state index < -0.39 is 0 Å². The van der Waals surface area contributed by atoms with Crippen LogP contribution in [0.3, 0.4) is 0 Å². The summed E-state index contributed by atoms with van der Waals surface area (Å²) in [5.41, 5.74) is 0.364. The second-order valence-electron chi connectivity index (χ2n) is 4.65. The van der Waals surface area contributed by atoms with Gasteiger partial charge in [0.15, 0.2) is 0 Å². The SMILES string of the molecule is CCCCOC1CC(NC)C1(C)CC. The third kappa shape index (κ3) is 2.12. The number of rotatable bonds is 6. The van der Waals surface area contributed by atoms with Gasteiger partial charge in [-0.25, -0.2) is 0 Å². The van der Waals surface area contributed by atoms with Crippen LogP contribution in [0.25, 0.3) is 0 Å². The van der Waals surface area contributed by atoms with Crippen LogP contribution >= 0.6 is 0 Å². The van der Waals surface area contributed by atoms with Gasteiger partial charge in [0.05, 0.1) is 6.10 Å². The van der Waals surface area contributed by atoms with Crippen LogP contribution in [0.2, 0.25) is 0 Å². The molecule has 0 aromatic rings. The molecule has 2 heteroatoms. The Balaban J connectivity index is 2.34. The minimum absolute atomic E-state index is 0.364. The highest BCUT2D eigenvalue weighted by molar-refractivity contribution is 5.04. The fourth-order valence-electron chi connectivity index (χ4n) is 2.37. The third-order valence-corrected chi connectivity index (χ3v) is 3.91. The van der Waals surface area contributed by atoms with E-state index in [4.69, 9.17) is 4.74 Å². The predicted molar refractivity (Wildman–Crippen MR) is 60.5 cm³/mol. The topological polar surface area (TPSA) is 21.3 Å². The Bertz CT molecular complexity index is 172. The molecule has 0 spiro atoms. The Hall–Kier alpha value is -0.0800. The standard InChI is InChI=1S/C12H25NO/c1-5-7-8-14-11-9-10(13-4)12(11,3)6-2/h10-11,13H,5-9H2,1-4H3. The molecule has 14 heavy (non-hydrogen) atoms. The van der Waals surface area contributed by atoms with Crippen LogP contribution in [-0.4, -0.2) is 25.8 Å². The lowest BCUT2D eigenvalue weighted by atomic mass is 9.61. The van der Waals surface area contributed by atoms with Crippen LogP contribution in [0.15, 0.2) is 0 Å². The van der Waals surface area contributed by atoms with Gasteiger partial charge in [-0.2, -0.15) is 0 Å². The summed E-state index contributed by atoms with van der Waals surface area (Å²) in [7, 11) is 2.06. The van der Waals surface area contributed by atoms with E-state index in [0.29, 0.717) is 17.6 Å². The van der Waals surface area contributed by atoms with E-state index in [1.807, 2.05) is 0 Å². The molecule has 3 unspecified atom stereocenters. The van der Waals surface area contributed by atoms with Crippen molar-refractivity contribution in [3.05, 3.63) is 0 Å². The zero-order valence-electron chi connectivity index (χ0n) is 10.1. The zero-order chi connectivity index (χ0) is 10.6. The lowest BCUT2D eigenvalue weighted by Gasteiger charge is -2.53. The van der Waals surface area contributed by atoms with Gasteiger partial charge >= 0.3 is 0 Å². The third-order valence-electron chi connectivity index (χ3n) is 3.91. The summed E-state index contributed by atoms with van der Waals surface area (Å²) in [4.78, 5) is 0. The van der Waals surface area contributed by atoms with Gasteiger partial charge < -0.3 is 10.1 Å². The van der Waals surface area contributed by atoms with Gasteiger partial charge in [-0.05, 0) is 26.3 Å². The van der Waals surface area contributed by atoms with Crippen molar-refractivity contribution in [3.8, 4) is 0 Å². The summed E-state index contributed by atoms with van der Waals surface area (Å²) in [6.45, 7) is 7.75. The molecule has 84 valence electrons. The molecule has 0 amide bonds. The molecule has 0 aromatic carbocycles. The van der Waals surface area contributed by atoms with E-state index in [0.717, 1.165) is 6.61 Å². The smallest absolute Gasteiger partial charge is 0.0658 e. The number of ether oxygens (including phenoxy) is 1. The van der Waals surface area contributed by atoms with E-state index in [-0.39, 0.29) is 0 Å². The van der Waals surface area contributed by atoms with Gasteiger partial charge in [0, 0.05) is 18.1 Å². The monoisotopic (exact) mass is 199 g/mol. The molecule has 1 aliphatic rings. The van der Waals surface area contributed by atoms with Gasteiger partial charge in [0.1, 0.15) is 0 Å². The second-order valence-corrected chi connectivity index (χ2v) is 4.65. The van der Waals surface area contributed by atoms with E-state index >= 15 is 0 Å². The fourth-order valence-corrected chi connectivity index (χ4v) is 2.37. The summed E-state index contributed by atoms with van der Waals surface area (Å²) < 4.78 is 5.92. The van der Waals surface area contributed by atoms with Crippen molar-refractivity contribution in [1.29, 1.82) is 0 Å². The predicted octanol–water partition coefficient (Wildman–Crippen LogP) is 2.58. The number of nitrogens with one attached hydrogen (secondary N) is 1. The van der Waals surface area contributed by atoms with Gasteiger partial charge in [-0.1, -0.05) is 27.2 Å². The van der Waals surface area contributed by atoms with Gasteiger partial charge in [-0.3, -0.25) is 0 Å². The Morgan fingerprint density at radius 3 is 2.64 bits per heavy atom. The average molecular weight is 199 g/mol. The van der Waals surface area contributed by atoms with E-state index in [1.165, 1.54) is 25.7 Å². The molecule has 1 rings (SSSR count). The second kappa shape index (κ2) is 5.13. The van der Waals surface area contributed by atoms with Crippen molar-refractivity contribution in [1.82, 2.24) is 5.32 Å². The van der Waals surface area contributed by atoms with Crippen molar-refractivity contribution in [2.45, 2.75) is 58.6 Å². The Labute approximate surface area is 88.4 Å². The first kappa shape index (κ1) is 12.0. The molecular formula is C12H25NO. The molecular weight excluding hydrogens is 174 g/mol. The van der Waals surface area contributed by atoms with E-state index in [2.05, 4.69) is 33.1 Å². The van der Waals surface area contributed by atoms with Crippen molar-refractivity contribution < 1.29 is 4.74 Å². The highest BCUT2D eigenvalue weighted by atomic mass is 16.5. The maximum Gasteiger partial charge on any atom is 0.0658 e. The minimum atomic E-state index is 0.364. The summed E-state index contributed by atoms with van der Waals surface area (Å²) in [6, 6.07) is 0.652. The van der Waals surface area contributed by atoms with Gasteiger partial charge in [0.25, 0.3) is 0 Å². The van der Waals surface area contributed by atoms with Crippen molar-refractivity contribution >= 4 is 0 Å².